The number of amides is 1. The van der Waals surface area contributed by atoms with Crippen LogP contribution in [-0.4, -0.2) is 39.9 Å². The highest BCUT2D eigenvalue weighted by atomic mass is 28.4. The van der Waals surface area contributed by atoms with Gasteiger partial charge in [-0.05, 0) is 66.7 Å². The fourth-order valence-electron chi connectivity index (χ4n) is 5.34. The van der Waals surface area contributed by atoms with Crippen LogP contribution >= 0.6 is 0 Å². The molecule has 5 nitrogen and oxygen atoms in total. The van der Waals surface area contributed by atoms with Gasteiger partial charge < -0.3 is 18.8 Å². The van der Waals surface area contributed by atoms with Crippen molar-refractivity contribution in [1.29, 1.82) is 0 Å². The number of benzene rings is 1. The Bertz CT molecular complexity index is 961. The second-order valence-electron chi connectivity index (χ2n) is 10.8. The average Bonchev–Trinajstić information content (AvgIpc) is 3.00. The van der Waals surface area contributed by atoms with Gasteiger partial charge in [0.05, 0.1) is 31.9 Å². The van der Waals surface area contributed by atoms with Crippen LogP contribution in [0.15, 0.2) is 36.6 Å². The largest absolute Gasteiger partial charge is 0.549 e. The van der Waals surface area contributed by atoms with Crippen molar-refractivity contribution < 1.29 is 18.7 Å². The number of fused-ring (bicyclic) bond motifs is 1. The molecule has 174 valence electrons. The smallest absolute Gasteiger partial charge is 0.249 e. The van der Waals surface area contributed by atoms with Gasteiger partial charge in [0.25, 0.3) is 0 Å². The fraction of sp³-hybridized carbons (Fsp3) is 0.577. The summed E-state index contributed by atoms with van der Waals surface area (Å²) in [5, 5.41) is 0.120. The highest BCUT2D eigenvalue weighted by Crippen LogP contribution is 2.56. The van der Waals surface area contributed by atoms with Gasteiger partial charge in [-0.3, -0.25) is 4.79 Å². The van der Waals surface area contributed by atoms with E-state index in [4.69, 9.17) is 13.9 Å². The minimum atomic E-state index is -1.92. The second-order valence-corrected chi connectivity index (χ2v) is 15.5. The Morgan fingerprint density at radius 1 is 1.16 bits per heavy atom. The van der Waals surface area contributed by atoms with E-state index < -0.39 is 8.32 Å². The number of nitrogens with zero attached hydrogens (tertiary/aromatic N) is 1. The van der Waals surface area contributed by atoms with Crippen LogP contribution in [0.4, 0.5) is 0 Å². The van der Waals surface area contributed by atoms with E-state index in [2.05, 4.69) is 63.0 Å². The Labute approximate surface area is 193 Å². The molecular formula is C26H37NO4Si. The van der Waals surface area contributed by atoms with Crippen molar-refractivity contribution in [3.05, 3.63) is 47.7 Å². The first kappa shape index (κ1) is 23.0. The van der Waals surface area contributed by atoms with E-state index in [1.54, 1.807) is 14.2 Å². The van der Waals surface area contributed by atoms with Crippen LogP contribution in [0.5, 0.6) is 11.5 Å². The molecule has 0 N–H and O–H groups in total. The predicted octanol–water partition coefficient (Wildman–Crippen LogP) is 5.42. The molecule has 0 bridgehead atoms. The number of hydrogen-bond donors (Lipinski definition) is 0. The Morgan fingerprint density at radius 3 is 2.50 bits per heavy atom. The van der Waals surface area contributed by atoms with Gasteiger partial charge >= 0.3 is 0 Å². The summed E-state index contributed by atoms with van der Waals surface area (Å²) in [5.41, 5.74) is 2.14. The van der Waals surface area contributed by atoms with Gasteiger partial charge in [-0.2, -0.15) is 0 Å². The summed E-state index contributed by atoms with van der Waals surface area (Å²) < 4.78 is 17.5. The Hall–Kier alpha value is -2.21. The lowest BCUT2D eigenvalue weighted by Crippen LogP contribution is -2.51. The van der Waals surface area contributed by atoms with Crippen molar-refractivity contribution in [2.45, 2.75) is 63.7 Å². The van der Waals surface area contributed by atoms with Gasteiger partial charge in [0.2, 0.25) is 14.2 Å². The molecule has 0 saturated carbocycles. The lowest BCUT2D eigenvalue weighted by atomic mass is 9.67. The summed E-state index contributed by atoms with van der Waals surface area (Å²) in [6.07, 6.45) is 11.1. The number of hydrogen-bond acceptors (Lipinski definition) is 4. The highest BCUT2D eigenvalue weighted by molar-refractivity contribution is 6.74. The highest BCUT2D eigenvalue weighted by Gasteiger charge is 2.59. The topological polar surface area (TPSA) is 48.0 Å². The summed E-state index contributed by atoms with van der Waals surface area (Å²) in [7, 11) is 1.42. The van der Waals surface area contributed by atoms with Crippen LogP contribution in [0, 0.1) is 11.8 Å². The first-order valence-corrected chi connectivity index (χ1v) is 14.6. The third kappa shape index (κ3) is 3.38. The minimum absolute atomic E-state index is 0.0835. The molecule has 0 aromatic heterocycles. The van der Waals surface area contributed by atoms with E-state index in [1.165, 1.54) is 11.1 Å². The number of carbonyl (C=O) groups excluding carboxylic acids is 1. The maximum Gasteiger partial charge on any atom is 0.249 e. The third-order valence-electron chi connectivity index (χ3n) is 8.14. The van der Waals surface area contributed by atoms with Crippen LogP contribution in [0.25, 0.3) is 0 Å². The third-order valence-corrected chi connectivity index (χ3v) is 12.5. The minimum Gasteiger partial charge on any atom is -0.549 e. The fourth-order valence-corrected chi connectivity index (χ4v) is 6.11. The predicted molar refractivity (Wildman–Crippen MR) is 129 cm³/mol. The number of ether oxygens (including phenoxy) is 2. The molecule has 2 aliphatic heterocycles. The molecule has 1 saturated heterocycles. The lowest BCUT2D eigenvalue weighted by Gasteiger charge is -2.48. The van der Waals surface area contributed by atoms with Crippen LogP contribution in [0.3, 0.4) is 0 Å². The van der Waals surface area contributed by atoms with Crippen LogP contribution in [0.1, 0.15) is 44.7 Å². The first-order chi connectivity index (χ1) is 15.1. The molecule has 1 aliphatic carbocycles. The van der Waals surface area contributed by atoms with E-state index in [9.17, 15) is 4.79 Å². The Morgan fingerprint density at radius 2 is 1.84 bits per heavy atom. The molecule has 6 heteroatoms. The van der Waals surface area contributed by atoms with E-state index in [1.807, 2.05) is 12.3 Å². The van der Waals surface area contributed by atoms with Crippen molar-refractivity contribution in [3.8, 4) is 11.5 Å². The van der Waals surface area contributed by atoms with Crippen LogP contribution < -0.4 is 9.47 Å². The SMILES string of the molecule is COc1cc2c(cc1OC)[C@]13CCC=C[C@H]1[C@@H](/C=C/O[Si](C)(C)C(C)(C)C)C(=O)N3CC2. The second kappa shape index (κ2) is 7.98. The molecule has 3 atom stereocenters. The van der Waals surface area contributed by atoms with Gasteiger partial charge in [-0.1, -0.05) is 32.9 Å². The molecule has 4 rings (SSSR count). The van der Waals surface area contributed by atoms with Crippen molar-refractivity contribution >= 4 is 14.2 Å². The number of methoxy groups -OCH3 is 2. The van der Waals surface area contributed by atoms with Crippen molar-refractivity contribution in [2.75, 3.05) is 20.8 Å². The maximum atomic E-state index is 13.7. The quantitative estimate of drug-likeness (QED) is 0.338. The number of rotatable bonds is 5. The molecule has 1 amide bonds. The van der Waals surface area contributed by atoms with E-state index in [-0.39, 0.29) is 28.3 Å². The van der Waals surface area contributed by atoms with Crippen LogP contribution in [-0.2, 0) is 21.2 Å². The zero-order valence-electron chi connectivity index (χ0n) is 20.5. The average molecular weight is 456 g/mol. The normalized spacial score (nSPS) is 27.2. The van der Waals surface area contributed by atoms with Crippen molar-refractivity contribution in [2.24, 2.45) is 11.8 Å². The first-order valence-electron chi connectivity index (χ1n) is 11.6. The van der Waals surface area contributed by atoms with Gasteiger partial charge in [-0.15, -0.1) is 0 Å². The summed E-state index contributed by atoms with van der Waals surface area (Å²) in [6.45, 7) is 11.9. The summed E-state index contributed by atoms with van der Waals surface area (Å²) in [5.74, 6) is 1.55. The number of allylic oxidation sites excluding steroid dienone is 1. The van der Waals surface area contributed by atoms with E-state index >= 15 is 0 Å². The summed E-state index contributed by atoms with van der Waals surface area (Å²) in [6, 6.07) is 4.21. The molecule has 32 heavy (non-hydrogen) atoms. The molecule has 1 aromatic carbocycles. The van der Waals surface area contributed by atoms with Crippen molar-refractivity contribution in [1.82, 2.24) is 4.90 Å². The summed E-state index contributed by atoms with van der Waals surface area (Å²) >= 11 is 0. The van der Waals surface area contributed by atoms with Crippen LogP contribution in [0.2, 0.25) is 18.1 Å². The van der Waals surface area contributed by atoms with E-state index in [0.29, 0.717) is 0 Å². The Balaban J connectivity index is 1.74. The molecule has 0 unspecified atom stereocenters. The molecular weight excluding hydrogens is 418 g/mol. The molecule has 2 heterocycles. The molecule has 3 aliphatic rings. The molecule has 1 spiro atoms. The molecule has 1 aromatic rings. The zero-order chi connectivity index (χ0) is 23.3. The standard InChI is InChI=1S/C26H37NO4Si/c1-25(2,3)32(6,7)31-15-12-19-20-10-8-9-13-26(20)21-17-23(30-5)22(29-4)16-18(21)11-14-27(26)24(19)28/h8,10,12,15-17,19-20H,9,11,13-14H2,1-7H3/b15-12+/t19-,20+,26+/m1/s1. The monoisotopic (exact) mass is 455 g/mol. The molecule has 1 fully saturated rings. The summed E-state index contributed by atoms with van der Waals surface area (Å²) in [4.78, 5) is 15.8. The maximum absolute atomic E-state index is 13.7. The van der Waals surface area contributed by atoms with Gasteiger partial charge in [-0.25, -0.2) is 0 Å². The van der Waals surface area contributed by atoms with E-state index in [0.717, 1.165) is 37.3 Å². The lowest BCUT2D eigenvalue weighted by molar-refractivity contribution is -0.134. The Kier molecular flexibility index (Phi) is 5.72. The van der Waals surface area contributed by atoms with Gasteiger partial charge in [0.1, 0.15) is 0 Å². The van der Waals surface area contributed by atoms with Gasteiger partial charge in [0.15, 0.2) is 11.5 Å². The number of carbonyl (C=O) groups is 1. The van der Waals surface area contributed by atoms with Crippen molar-refractivity contribution in [3.63, 3.8) is 0 Å². The zero-order valence-corrected chi connectivity index (χ0v) is 21.5. The molecule has 0 radical (unpaired) electrons. The van der Waals surface area contributed by atoms with Gasteiger partial charge in [0, 0.05) is 12.5 Å².